The largest absolute Gasteiger partial charge is 0.398 e. The van der Waals surface area contributed by atoms with Crippen LogP contribution in [0.25, 0.3) is 0 Å². The third-order valence-electron chi connectivity index (χ3n) is 2.33. The van der Waals surface area contributed by atoms with Crippen molar-refractivity contribution < 1.29 is 4.79 Å². The van der Waals surface area contributed by atoms with E-state index in [0.717, 1.165) is 5.56 Å². The molecule has 17 heavy (non-hydrogen) atoms. The number of amides is 1. The van der Waals surface area contributed by atoms with Gasteiger partial charge in [0.1, 0.15) is 0 Å². The summed E-state index contributed by atoms with van der Waals surface area (Å²) in [6.45, 7) is 1.89. The van der Waals surface area contributed by atoms with Crippen molar-refractivity contribution in [3.63, 3.8) is 0 Å². The van der Waals surface area contributed by atoms with Crippen LogP contribution in [0.4, 0.5) is 11.6 Å². The number of carbonyl (C=O) groups is 1. The molecule has 0 saturated carbocycles. The topological polar surface area (TPSA) is 80.9 Å². The summed E-state index contributed by atoms with van der Waals surface area (Å²) < 4.78 is 0. The summed E-state index contributed by atoms with van der Waals surface area (Å²) in [5.74, 6) is -0.000420. The summed E-state index contributed by atoms with van der Waals surface area (Å²) in [7, 11) is 0. The maximum absolute atomic E-state index is 11.8. The number of aryl methyl sites for hydroxylation is 1. The first kappa shape index (κ1) is 11.1. The zero-order valence-corrected chi connectivity index (χ0v) is 9.34. The lowest BCUT2D eigenvalue weighted by Gasteiger charge is -2.05. The van der Waals surface area contributed by atoms with Crippen molar-refractivity contribution in [2.75, 3.05) is 11.1 Å². The molecule has 0 unspecified atom stereocenters. The molecular formula is C12H12N4O. The van der Waals surface area contributed by atoms with Gasteiger partial charge in [-0.05, 0) is 30.7 Å². The van der Waals surface area contributed by atoms with E-state index in [9.17, 15) is 4.79 Å². The molecule has 0 aliphatic carbocycles. The first-order valence-electron chi connectivity index (χ1n) is 5.11. The second-order valence-corrected chi connectivity index (χ2v) is 3.60. The van der Waals surface area contributed by atoms with Gasteiger partial charge >= 0.3 is 0 Å². The molecule has 5 heteroatoms. The van der Waals surface area contributed by atoms with Gasteiger partial charge in [0.05, 0.1) is 0 Å². The number of benzene rings is 1. The Morgan fingerprint density at radius 1 is 1.29 bits per heavy atom. The normalized spacial score (nSPS) is 9.94. The van der Waals surface area contributed by atoms with Crippen LogP contribution in [-0.2, 0) is 0 Å². The number of hydrogen-bond acceptors (Lipinski definition) is 4. The third-order valence-corrected chi connectivity index (χ3v) is 2.33. The number of nitrogen functional groups attached to an aromatic ring is 1. The number of nitrogens with two attached hydrogens (primary N) is 1. The maximum Gasteiger partial charge on any atom is 0.258 e. The van der Waals surface area contributed by atoms with E-state index in [4.69, 9.17) is 5.73 Å². The number of nitrogens with one attached hydrogen (secondary N) is 1. The fourth-order valence-corrected chi connectivity index (χ4v) is 1.32. The maximum atomic E-state index is 11.8. The zero-order valence-electron chi connectivity index (χ0n) is 9.34. The molecule has 0 fully saturated rings. The van der Waals surface area contributed by atoms with Crippen molar-refractivity contribution in [2.45, 2.75) is 6.92 Å². The van der Waals surface area contributed by atoms with Gasteiger partial charge in [-0.1, -0.05) is 6.07 Å². The van der Waals surface area contributed by atoms with E-state index in [0.29, 0.717) is 11.3 Å². The van der Waals surface area contributed by atoms with Gasteiger partial charge in [-0.15, -0.1) is 0 Å². The number of anilines is 2. The van der Waals surface area contributed by atoms with Crippen LogP contribution in [0.1, 0.15) is 15.9 Å². The van der Waals surface area contributed by atoms with E-state index in [-0.39, 0.29) is 11.9 Å². The monoisotopic (exact) mass is 228 g/mol. The SMILES string of the molecule is Cc1ccc(C(=O)Nc2ncccn2)cc1N. The standard InChI is InChI=1S/C12H12N4O/c1-8-3-4-9(7-10(8)13)11(17)16-12-14-5-2-6-15-12/h2-7H,13H2,1H3,(H,14,15,16,17). The van der Waals surface area contributed by atoms with Gasteiger partial charge in [0.2, 0.25) is 5.95 Å². The Bertz CT molecular complexity index is 539. The van der Waals surface area contributed by atoms with Crippen molar-refractivity contribution in [3.8, 4) is 0 Å². The summed E-state index contributed by atoms with van der Waals surface area (Å²) in [5, 5.41) is 2.59. The van der Waals surface area contributed by atoms with Gasteiger partial charge in [-0.3, -0.25) is 10.1 Å². The highest BCUT2D eigenvalue weighted by Crippen LogP contribution is 2.13. The molecule has 0 saturated heterocycles. The molecule has 0 radical (unpaired) electrons. The summed E-state index contributed by atoms with van der Waals surface area (Å²) in [6, 6.07) is 6.83. The fourth-order valence-electron chi connectivity index (χ4n) is 1.32. The van der Waals surface area contributed by atoms with E-state index < -0.39 is 0 Å². The molecule has 2 rings (SSSR count). The van der Waals surface area contributed by atoms with Crippen LogP contribution in [0.15, 0.2) is 36.7 Å². The van der Waals surface area contributed by atoms with Crippen molar-refractivity contribution >= 4 is 17.5 Å². The molecule has 1 aromatic carbocycles. The molecule has 0 atom stereocenters. The Morgan fingerprint density at radius 2 is 2.00 bits per heavy atom. The van der Waals surface area contributed by atoms with Crippen LogP contribution >= 0.6 is 0 Å². The second-order valence-electron chi connectivity index (χ2n) is 3.60. The summed E-state index contributed by atoms with van der Waals surface area (Å²) >= 11 is 0. The van der Waals surface area contributed by atoms with E-state index in [2.05, 4.69) is 15.3 Å². The molecule has 3 N–H and O–H groups in total. The van der Waals surface area contributed by atoms with E-state index in [1.807, 2.05) is 6.92 Å². The first-order chi connectivity index (χ1) is 8.16. The molecule has 0 spiro atoms. The first-order valence-corrected chi connectivity index (χ1v) is 5.11. The molecule has 0 bridgehead atoms. The molecule has 86 valence electrons. The average Bonchev–Trinajstić information content (AvgIpc) is 2.34. The minimum Gasteiger partial charge on any atom is -0.398 e. The van der Waals surface area contributed by atoms with Crippen molar-refractivity contribution in [1.82, 2.24) is 9.97 Å². The minimum atomic E-state index is -0.275. The Hall–Kier alpha value is -2.43. The second kappa shape index (κ2) is 4.61. The van der Waals surface area contributed by atoms with Crippen LogP contribution in [0.2, 0.25) is 0 Å². The van der Waals surface area contributed by atoms with Gasteiger partial charge in [0.15, 0.2) is 0 Å². The lowest BCUT2D eigenvalue weighted by atomic mass is 10.1. The highest BCUT2D eigenvalue weighted by atomic mass is 16.1. The zero-order chi connectivity index (χ0) is 12.3. The van der Waals surface area contributed by atoms with Gasteiger partial charge in [0, 0.05) is 23.6 Å². The quantitative estimate of drug-likeness (QED) is 0.765. The number of nitrogens with zero attached hydrogens (tertiary/aromatic N) is 2. The highest BCUT2D eigenvalue weighted by Gasteiger charge is 2.08. The van der Waals surface area contributed by atoms with Gasteiger partial charge in [-0.25, -0.2) is 9.97 Å². The number of rotatable bonds is 2. The average molecular weight is 228 g/mol. The number of carbonyl (C=O) groups excluding carboxylic acids is 1. The smallest absolute Gasteiger partial charge is 0.258 e. The summed E-state index contributed by atoms with van der Waals surface area (Å²) in [4.78, 5) is 19.7. The predicted octanol–water partition coefficient (Wildman–Crippen LogP) is 1.62. The molecule has 0 aliphatic heterocycles. The Balaban J connectivity index is 2.18. The van der Waals surface area contributed by atoms with Crippen molar-refractivity contribution in [3.05, 3.63) is 47.8 Å². The third kappa shape index (κ3) is 2.57. The minimum absolute atomic E-state index is 0.275. The molecule has 1 heterocycles. The van der Waals surface area contributed by atoms with E-state index >= 15 is 0 Å². The lowest BCUT2D eigenvalue weighted by molar-refractivity contribution is 0.102. The molecule has 1 amide bonds. The Morgan fingerprint density at radius 3 is 2.65 bits per heavy atom. The number of aromatic nitrogens is 2. The van der Waals surface area contributed by atoms with Gasteiger partial charge in [-0.2, -0.15) is 0 Å². The number of hydrogen-bond donors (Lipinski definition) is 2. The van der Waals surface area contributed by atoms with Crippen LogP contribution in [0, 0.1) is 6.92 Å². The van der Waals surface area contributed by atoms with E-state index in [1.54, 1.807) is 36.7 Å². The van der Waals surface area contributed by atoms with Crippen LogP contribution in [0.5, 0.6) is 0 Å². The molecule has 5 nitrogen and oxygen atoms in total. The molecule has 0 aliphatic rings. The van der Waals surface area contributed by atoms with Crippen LogP contribution in [-0.4, -0.2) is 15.9 Å². The summed E-state index contributed by atoms with van der Waals surface area (Å²) in [6.07, 6.45) is 3.12. The highest BCUT2D eigenvalue weighted by molar-refractivity contribution is 6.03. The predicted molar refractivity (Wildman–Crippen MR) is 65.6 cm³/mol. The van der Waals surface area contributed by atoms with Crippen molar-refractivity contribution in [2.24, 2.45) is 0 Å². The molecule has 1 aromatic heterocycles. The Kier molecular flexibility index (Phi) is 3.00. The summed E-state index contributed by atoms with van der Waals surface area (Å²) in [5.41, 5.74) is 7.76. The van der Waals surface area contributed by atoms with Crippen LogP contribution < -0.4 is 11.1 Å². The van der Waals surface area contributed by atoms with E-state index in [1.165, 1.54) is 0 Å². The van der Waals surface area contributed by atoms with Gasteiger partial charge < -0.3 is 5.73 Å². The fraction of sp³-hybridized carbons (Fsp3) is 0.0833. The van der Waals surface area contributed by atoms with Crippen LogP contribution in [0.3, 0.4) is 0 Å². The van der Waals surface area contributed by atoms with Crippen molar-refractivity contribution in [1.29, 1.82) is 0 Å². The van der Waals surface area contributed by atoms with Gasteiger partial charge in [0.25, 0.3) is 5.91 Å². The molecule has 2 aromatic rings. The lowest BCUT2D eigenvalue weighted by Crippen LogP contribution is -2.14. The molecular weight excluding hydrogens is 216 g/mol. The Labute approximate surface area is 98.7 Å².